The fourth-order valence-electron chi connectivity index (χ4n) is 1.99. The van der Waals surface area contributed by atoms with Crippen LogP contribution in [0, 0.1) is 19.1 Å². The first-order valence-corrected chi connectivity index (χ1v) is 8.24. The summed E-state index contributed by atoms with van der Waals surface area (Å²) in [6.45, 7) is 5.42. The Labute approximate surface area is 135 Å². The van der Waals surface area contributed by atoms with Gasteiger partial charge >= 0.3 is 0 Å². The molecule has 0 radical (unpaired) electrons. The van der Waals surface area contributed by atoms with E-state index in [1.807, 2.05) is 56.3 Å². The predicted octanol–water partition coefficient (Wildman–Crippen LogP) is 3.12. The Morgan fingerprint density at radius 3 is 2.36 bits per heavy atom. The number of pyridine rings is 1. The largest absolute Gasteiger partial charge is 0.618 e. The quantitative estimate of drug-likeness (QED) is 0.324. The Bertz CT molecular complexity index is 567. The van der Waals surface area contributed by atoms with Gasteiger partial charge in [0, 0.05) is 36.6 Å². The van der Waals surface area contributed by atoms with Crippen LogP contribution >= 0.6 is 11.8 Å². The Morgan fingerprint density at radius 1 is 1.00 bits per heavy atom. The Morgan fingerprint density at radius 2 is 1.68 bits per heavy atom. The molecule has 118 valence electrons. The summed E-state index contributed by atoms with van der Waals surface area (Å²) < 4.78 is 12.0. The van der Waals surface area contributed by atoms with E-state index in [0.29, 0.717) is 19.8 Å². The molecule has 0 N–H and O–H groups in total. The standard InChI is InChI=1S/C17H21NO3S/c1-14-12-17(13-15(2)18(14)19)22-11-10-20-8-9-21-16-6-4-3-5-7-16/h3-7,12-13H,8-11H2,1-2H3. The maximum absolute atomic E-state index is 11.6. The summed E-state index contributed by atoms with van der Waals surface area (Å²) in [6, 6.07) is 13.5. The molecule has 2 rings (SSSR count). The van der Waals surface area contributed by atoms with Crippen LogP contribution in [0.15, 0.2) is 47.4 Å². The van der Waals surface area contributed by atoms with Crippen molar-refractivity contribution in [1.29, 1.82) is 0 Å². The molecule has 4 nitrogen and oxygen atoms in total. The number of para-hydroxylation sites is 1. The lowest BCUT2D eigenvalue weighted by atomic mass is 10.3. The molecule has 0 bridgehead atoms. The van der Waals surface area contributed by atoms with Gasteiger partial charge in [-0.2, -0.15) is 4.73 Å². The highest BCUT2D eigenvalue weighted by atomic mass is 32.2. The number of aryl methyl sites for hydroxylation is 2. The molecule has 1 heterocycles. The topological polar surface area (TPSA) is 45.4 Å². The molecule has 22 heavy (non-hydrogen) atoms. The summed E-state index contributed by atoms with van der Waals surface area (Å²) in [5.74, 6) is 1.72. The van der Waals surface area contributed by atoms with Crippen molar-refractivity contribution in [2.75, 3.05) is 25.6 Å². The van der Waals surface area contributed by atoms with Crippen molar-refractivity contribution in [3.05, 3.63) is 59.1 Å². The van der Waals surface area contributed by atoms with E-state index in [1.54, 1.807) is 11.8 Å². The summed E-state index contributed by atoms with van der Waals surface area (Å²) in [4.78, 5) is 1.10. The molecular weight excluding hydrogens is 298 g/mol. The third kappa shape index (κ3) is 5.24. The molecule has 5 heteroatoms. The van der Waals surface area contributed by atoms with Crippen LogP contribution in [0.3, 0.4) is 0 Å². The van der Waals surface area contributed by atoms with Gasteiger partial charge in [-0.15, -0.1) is 11.8 Å². The number of benzene rings is 1. The predicted molar refractivity (Wildman–Crippen MR) is 88.4 cm³/mol. The monoisotopic (exact) mass is 319 g/mol. The van der Waals surface area contributed by atoms with E-state index in [-0.39, 0.29) is 0 Å². The van der Waals surface area contributed by atoms with E-state index < -0.39 is 0 Å². The summed E-state index contributed by atoms with van der Waals surface area (Å²) in [6.07, 6.45) is 0. The van der Waals surface area contributed by atoms with Crippen molar-refractivity contribution in [2.45, 2.75) is 18.7 Å². The van der Waals surface area contributed by atoms with E-state index in [2.05, 4.69) is 0 Å². The second-order valence-corrected chi connectivity index (χ2v) is 6.06. The second-order valence-electron chi connectivity index (χ2n) is 4.89. The molecule has 0 spiro atoms. The molecule has 0 atom stereocenters. The number of nitrogens with zero attached hydrogens (tertiary/aromatic N) is 1. The van der Waals surface area contributed by atoms with Crippen LogP contribution in [-0.4, -0.2) is 25.6 Å². The first-order chi connectivity index (χ1) is 10.7. The van der Waals surface area contributed by atoms with Gasteiger partial charge in [-0.25, -0.2) is 0 Å². The zero-order valence-electron chi connectivity index (χ0n) is 13.0. The third-order valence-electron chi connectivity index (χ3n) is 3.08. The third-order valence-corrected chi connectivity index (χ3v) is 4.02. The van der Waals surface area contributed by atoms with Crippen molar-refractivity contribution in [3.63, 3.8) is 0 Å². The SMILES string of the molecule is Cc1cc(SCCOCCOc2ccccc2)cc(C)[n+]1[O-]. The van der Waals surface area contributed by atoms with Gasteiger partial charge in [0.15, 0.2) is 11.4 Å². The van der Waals surface area contributed by atoms with Crippen LogP contribution in [0.5, 0.6) is 5.75 Å². The van der Waals surface area contributed by atoms with Crippen molar-refractivity contribution < 1.29 is 14.2 Å². The molecule has 2 aromatic rings. The van der Waals surface area contributed by atoms with Crippen LogP contribution in [-0.2, 0) is 4.74 Å². The number of ether oxygens (including phenoxy) is 2. The van der Waals surface area contributed by atoms with Gasteiger partial charge in [0.05, 0.1) is 13.2 Å². The average molecular weight is 319 g/mol. The Hall–Kier alpha value is -1.72. The smallest absolute Gasteiger partial charge is 0.191 e. The molecule has 1 aromatic carbocycles. The lowest BCUT2D eigenvalue weighted by Crippen LogP contribution is -2.33. The van der Waals surface area contributed by atoms with E-state index >= 15 is 0 Å². The summed E-state index contributed by atoms with van der Waals surface area (Å²) in [5, 5.41) is 11.6. The molecule has 0 amide bonds. The fourth-order valence-corrected chi connectivity index (χ4v) is 2.93. The van der Waals surface area contributed by atoms with Crippen LogP contribution in [0.4, 0.5) is 0 Å². The maximum atomic E-state index is 11.6. The minimum absolute atomic E-state index is 0.550. The van der Waals surface area contributed by atoms with Gasteiger partial charge in [0.2, 0.25) is 0 Å². The highest BCUT2D eigenvalue weighted by Gasteiger charge is 2.06. The van der Waals surface area contributed by atoms with E-state index in [1.165, 1.54) is 0 Å². The van der Waals surface area contributed by atoms with E-state index in [4.69, 9.17) is 9.47 Å². The molecule has 0 unspecified atom stereocenters. The highest BCUT2D eigenvalue weighted by molar-refractivity contribution is 7.99. The molecule has 1 aromatic heterocycles. The van der Waals surface area contributed by atoms with Gasteiger partial charge in [-0.1, -0.05) is 18.2 Å². The number of aromatic nitrogens is 1. The van der Waals surface area contributed by atoms with Crippen LogP contribution in [0.2, 0.25) is 0 Å². The van der Waals surface area contributed by atoms with Crippen LogP contribution in [0.1, 0.15) is 11.4 Å². The van der Waals surface area contributed by atoms with Crippen molar-refractivity contribution in [3.8, 4) is 5.75 Å². The molecule has 0 fully saturated rings. The van der Waals surface area contributed by atoms with Crippen LogP contribution < -0.4 is 9.47 Å². The van der Waals surface area contributed by atoms with Crippen LogP contribution in [0.25, 0.3) is 0 Å². The molecular formula is C17H21NO3S. The van der Waals surface area contributed by atoms with Crippen molar-refractivity contribution in [1.82, 2.24) is 0 Å². The van der Waals surface area contributed by atoms with Gasteiger partial charge in [-0.05, 0) is 12.1 Å². The Balaban J connectivity index is 1.60. The summed E-state index contributed by atoms with van der Waals surface area (Å²) >= 11 is 1.69. The van der Waals surface area contributed by atoms with Gasteiger partial charge in [0.25, 0.3) is 0 Å². The summed E-state index contributed by atoms with van der Waals surface area (Å²) in [5.41, 5.74) is 1.44. The molecule has 0 saturated heterocycles. The Kier molecular flexibility index (Phi) is 6.55. The van der Waals surface area contributed by atoms with E-state index in [0.717, 1.165) is 32.5 Å². The lowest BCUT2D eigenvalue weighted by Gasteiger charge is -2.08. The van der Waals surface area contributed by atoms with Crippen molar-refractivity contribution in [2.24, 2.45) is 0 Å². The van der Waals surface area contributed by atoms with Gasteiger partial charge in [-0.3, -0.25) is 0 Å². The highest BCUT2D eigenvalue weighted by Crippen LogP contribution is 2.18. The maximum Gasteiger partial charge on any atom is 0.191 e. The average Bonchev–Trinajstić information content (AvgIpc) is 2.52. The number of hydrogen-bond donors (Lipinski definition) is 0. The first-order valence-electron chi connectivity index (χ1n) is 7.26. The molecule has 0 saturated carbocycles. The van der Waals surface area contributed by atoms with E-state index in [9.17, 15) is 5.21 Å². The normalized spacial score (nSPS) is 10.6. The second kappa shape index (κ2) is 8.66. The molecule has 0 aliphatic heterocycles. The summed E-state index contributed by atoms with van der Waals surface area (Å²) in [7, 11) is 0. The van der Waals surface area contributed by atoms with Gasteiger partial charge in [0.1, 0.15) is 12.4 Å². The molecule has 0 aliphatic carbocycles. The molecule has 0 aliphatic rings. The number of hydrogen-bond acceptors (Lipinski definition) is 4. The first kappa shape index (κ1) is 16.6. The number of thioether (sulfide) groups is 1. The zero-order chi connectivity index (χ0) is 15.8. The fraction of sp³-hybridized carbons (Fsp3) is 0.353. The van der Waals surface area contributed by atoms with Crippen molar-refractivity contribution >= 4 is 11.8 Å². The zero-order valence-corrected chi connectivity index (χ0v) is 13.8. The number of rotatable bonds is 8. The van der Waals surface area contributed by atoms with Gasteiger partial charge < -0.3 is 14.7 Å². The lowest BCUT2D eigenvalue weighted by molar-refractivity contribution is -0.619. The minimum Gasteiger partial charge on any atom is -0.618 e. The minimum atomic E-state index is 0.550.